The monoisotopic (exact) mass is 213 g/mol. The van der Waals surface area contributed by atoms with Crippen LogP contribution in [0, 0.1) is 0 Å². The first kappa shape index (κ1) is 10.8. The molecule has 0 fully saturated rings. The molecule has 0 aliphatic rings. The van der Waals surface area contributed by atoms with Crippen LogP contribution in [0.1, 0.15) is 24.1 Å². The third-order valence-corrected chi connectivity index (χ3v) is 2.57. The smallest absolute Gasteiger partial charge is 0.0296 e. The number of hydrogen-bond donors (Lipinski definition) is 1. The molecule has 3 heteroatoms. The van der Waals surface area contributed by atoms with Gasteiger partial charge in [-0.25, -0.2) is 0 Å². The van der Waals surface area contributed by atoms with E-state index in [1.165, 1.54) is 11.1 Å². The van der Waals surface area contributed by atoms with Gasteiger partial charge in [-0.3, -0.25) is 9.97 Å². The van der Waals surface area contributed by atoms with E-state index in [1.54, 1.807) is 0 Å². The lowest BCUT2D eigenvalue weighted by molar-refractivity contribution is 0.574. The molecule has 2 aromatic heterocycles. The van der Waals surface area contributed by atoms with E-state index >= 15 is 0 Å². The minimum atomic E-state index is 0.330. The zero-order valence-corrected chi connectivity index (χ0v) is 9.30. The van der Waals surface area contributed by atoms with Gasteiger partial charge in [0.15, 0.2) is 0 Å². The standard InChI is InChI=1S/C13H15N3/c1-11(13-4-8-15-9-5-13)16-10-12-2-6-14-7-3-12/h2-9,11,16H,10H2,1H3/t11-/m1/s1. The Bertz CT molecular complexity index is 414. The van der Waals surface area contributed by atoms with Crippen LogP contribution in [0.15, 0.2) is 49.1 Å². The molecule has 0 saturated heterocycles. The quantitative estimate of drug-likeness (QED) is 0.847. The molecule has 2 heterocycles. The molecule has 1 atom stereocenters. The second-order valence-electron chi connectivity index (χ2n) is 3.74. The summed E-state index contributed by atoms with van der Waals surface area (Å²) in [5, 5.41) is 3.46. The van der Waals surface area contributed by atoms with E-state index in [2.05, 4.69) is 22.2 Å². The summed E-state index contributed by atoms with van der Waals surface area (Å²) in [5.74, 6) is 0. The number of nitrogens with zero attached hydrogens (tertiary/aromatic N) is 2. The Morgan fingerprint density at radius 3 is 2.19 bits per heavy atom. The maximum atomic E-state index is 4.01. The Morgan fingerprint density at radius 2 is 1.56 bits per heavy atom. The second kappa shape index (κ2) is 5.37. The molecular formula is C13H15N3. The van der Waals surface area contributed by atoms with Gasteiger partial charge in [-0.2, -0.15) is 0 Å². The third-order valence-electron chi connectivity index (χ3n) is 2.57. The molecule has 0 aliphatic heterocycles. The van der Waals surface area contributed by atoms with Crippen LogP contribution in [0.25, 0.3) is 0 Å². The fourth-order valence-electron chi connectivity index (χ4n) is 1.54. The van der Waals surface area contributed by atoms with Gasteiger partial charge in [0.05, 0.1) is 0 Å². The number of hydrogen-bond acceptors (Lipinski definition) is 3. The zero-order valence-electron chi connectivity index (χ0n) is 9.30. The van der Waals surface area contributed by atoms with Crippen molar-refractivity contribution in [1.29, 1.82) is 0 Å². The Balaban J connectivity index is 1.92. The van der Waals surface area contributed by atoms with Crippen molar-refractivity contribution in [2.75, 3.05) is 0 Å². The minimum Gasteiger partial charge on any atom is -0.306 e. The summed E-state index contributed by atoms with van der Waals surface area (Å²) in [6, 6.07) is 8.43. The number of rotatable bonds is 4. The first-order valence-electron chi connectivity index (χ1n) is 5.38. The number of pyridine rings is 2. The van der Waals surface area contributed by atoms with Crippen molar-refractivity contribution in [3.8, 4) is 0 Å². The summed E-state index contributed by atoms with van der Waals surface area (Å²) < 4.78 is 0. The fourth-order valence-corrected chi connectivity index (χ4v) is 1.54. The van der Waals surface area contributed by atoms with Crippen molar-refractivity contribution in [1.82, 2.24) is 15.3 Å². The van der Waals surface area contributed by atoms with E-state index in [0.717, 1.165) is 6.54 Å². The predicted molar refractivity (Wildman–Crippen MR) is 63.7 cm³/mol. The van der Waals surface area contributed by atoms with Crippen molar-refractivity contribution in [3.63, 3.8) is 0 Å². The third kappa shape index (κ3) is 2.87. The Hall–Kier alpha value is -1.74. The highest BCUT2D eigenvalue weighted by molar-refractivity contribution is 5.15. The molecule has 0 unspecified atom stereocenters. The lowest BCUT2D eigenvalue weighted by atomic mass is 10.1. The fraction of sp³-hybridized carbons (Fsp3) is 0.231. The van der Waals surface area contributed by atoms with Gasteiger partial charge < -0.3 is 5.32 Å². The van der Waals surface area contributed by atoms with Gasteiger partial charge in [0.2, 0.25) is 0 Å². The lowest BCUT2D eigenvalue weighted by Gasteiger charge is -2.13. The molecule has 2 rings (SSSR count). The van der Waals surface area contributed by atoms with E-state index in [0.29, 0.717) is 6.04 Å². The van der Waals surface area contributed by atoms with Crippen LogP contribution in [0.3, 0.4) is 0 Å². The maximum absolute atomic E-state index is 4.01. The Kier molecular flexibility index (Phi) is 3.62. The van der Waals surface area contributed by atoms with E-state index in [1.807, 2.05) is 49.1 Å². The zero-order chi connectivity index (χ0) is 11.2. The number of nitrogens with one attached hydrogen (secondary N) is 1. The van der Waals surface area contributed by atoms with E-state index < -0.39 is 0 Å². The molecule has 2 aromatic rings. The SMILES string of the molecule is C[C@@H](NCc1ccncc1)c1ccncc1. The predicted octanol–water partition coefficient (Wildman–Crippen LogP) is 2.33. The summed E-state index contributed by atoms with van der Waals surface area (Å²) >= 11 is 0. The molecule has 0 bridgehead atoms. The van der Waals surface area contributed by atoms with Crippen molar-refractivity contribution in [2.45, 2.75) is 19.5 Å². The van der Waals surface area contributed by atoms with Gasteiger partial charge >= 0.3 is 0 Å². The summed E-state index contributed by atoms with van der Waals surface area (Å²) in [6.07, 6.45) is 7.27. The number of aromatic nitrogens is 2. The van der Waals surface area contributed by atoms with Crippen LogP contribution in [0.2, 0.25) is 0 Å². The van der Waals surface area contributed by atoms with Crippen LogP contribution in [-0.4, -0.2) is 9.97 Å². The average molecular weight is 213 g/mol. The molecule has 0 saturated carbocycles. The topological polar surface area (TPSA) is 37.8 Å². The first-order valence-corrected chi connectivity index (χ1v) is 5.38. The van der Waals surface area contributed by atoms with Crippen molar-refractivity contribution >= 4 is 0 Å². The van der Waals surface area contributed by atoms with E-state index in [-0.39, 0.29) is 0 Å². The van der Waals surface area contributed by atoms with Crippen molar-refractivity contribution in [3.05, 3.63) is 60.2 Å². The van der Waals surface area contributed by atoms with Crippen molar-refractivity contribution < 1.29 is 0 Å². The van der Waals surface area contributed by atoms with Crippen LogP contribution in [0.4, 0.5) is 0 Å². The summed E-state index contributed by atoms with van der Waals surface area (Å²) in [6.45, 7) is 3.00. The highest BCUT2D eigenvalue weighted by Gasteiger charge is 2.03. The molecule has 82 valence electrons. The van der Waals surface area contributed by atoms with Gasteiger partial charge in [-0.1, -0.05) is 0 Å². The normalized spacial score (nSPS) is 12.3. The minimum absolute atomic E-state index is 0.330. The summed E-state index contributed by atoms with van der Waals surface area (Å²) in [5.41, 5.74) is 2.50. The lowest BCUT2D eigenvalue weighted by Crippen LogP contribution is -2.17. The van der Waals surface area contributed by atoms with Gasteiger partial charge in [-0.15, -0.1) is 0 Å². The average Bonchev–Trinajstić information content (AvgIpc) is 2.38. The highest BCUT2D eigenvalue weighted by Crippen LogP contribution is 2.10. The molecule has 1 N–H and O–H groups in total. The summed E-state index contributed by atoms with van der Waals surface area (Å²) in [7, 11) is 0. The molecule has 16 heavy (non-hydrogen) atoms. The molecule has 0 radical (unpaired) electrons. The van der Waals surface area contributed by atoms with E-state index in [4.69, 9.17) is 0 Å². The van der Waals surface area contributed by atoms with Crippen LogP contribution in [0.5, 0.6) is 0 Å². The first-order chi connectivity index (χ1) is 7.86. The Morgan fingerprint density at radius 1 is 1.00 bits per heavy atom. The Labute approximate surface area is 95.6 Å². The van der Waals surface area contributed by atoms with Gasteiger partial charge in [0.25, 0.3) is 0 Å². The van der Waals surface area contributed by atoms with Crippen LogP contribution < -0.4 is 5.32 Å². The van der Waals surface area contributed by atoms with Crippen LogP contribution in [-0.2, 0) is 6.54 Å². The highest BCUT2D eigenvalue weighted by atomic mass is 14.9. The molecule has 3 nitrogen and oxygen atoms in total. The van der Waals surface area contributed by atoms with Gasteiger partial charge in [-0.05, 0) is 42.3 Å². The largest absolute Gasteiger partial charge is 0.306 e. The molecular weight excluding hydrogens is 198 g/mol. The second-order valence-corrected chi connectivity index (χ2v) is 3.74. The van der Waals surface area contributed by atoms with Gasteiger partial charge in [0.1, 0.15) is 0 Å². The molecule has 0 amide bonds. The van der Waals surface area contributed by atoms with Gasteiger partial charge in [0, 0.05) is 37.4 Å². The molecule has 0 aliphatic carbocycles. The van der Waals surface area contributed by atoms with E-state index in [9.17, 15) is 0 Å². The summed E-state index contributed by atoms with van der Waals surface area (Å²) in [4.78, 5) is 8.00. The molecule has 0 spiro atoms. The molecule has 0 aromatic carbocycles. The maximum Gasteiger partial charge on any atom is 0.0296 e. The van der Waals surface area contributed by atoms with Crippen LogP contribution >= 0.6 is 0 Å². The van der Waals surface area contributed by atoms with Crippen molar-refractivity contribution in [2.24, 2.45) is 0 Å².